The van der Waals surface area contributed by atoms with Gasteiger partial charge >= 0.3 is 6.09 Å². The first-order valence-corrected chi connectivity index (χ1v) is 12.4. The van der Waals surface area contributed by atoms with Crippen LogP contribution in [0.5, 0.6) is 0 Å². The molecule has 1 N–H and O–H groups in total. The van der Waals surface area contributed by atoms with Crippen LogP contribution in [0, 0.1) is 5.82 Å². The number of benzene rings is 2. The highest BCUT2D eigenvalue weighted by atomic mass is 32.2. The van der Waals surface area contributed by atoms with E-state index in [1.165, 1.54) is 21.9 Å². The number of hydrogen-bond acceptors (Lipinski definition) is 4. The fraction of sp³-hybridized carbons (Fsp3) is 0.375. The van der Waals surface area contributed by atoms with E-state index in [0.717, 1.165) is 10.5 Å². The van der Waals surface area contributed by atoms with Crippen LogP contribution in [0.25, 0.3) is 0 Å². The molecule has 8 nitrogen and oxygen atoms in total. The summed E-state index contributed by atoms with van der Waals surface area (Å²) in [6.07, 6.45) is -1.89. The normalized spacial score (nSPS) is 23.6. The van der Waals surface area contributed by atoms with Crippen molar-refractivity contribution in [1.29, 1.82) is 0 Å². The molecular formula is C24H26FN3O5S. The number of hydrogen-bond donors (Lipinski definition) is 1. The lowest BCUT2D eigenvalue weighted by atomic mass is 10.0. The zero-order chi connectivity index (χ0) is 24.4. The number of halogens is 1. The van der Waals surface area contributed by atoms with E-state index in [-0.39, 0.29) is 37.0 Å². The molecule has 0 aliphatic carbocycles. The van der Waals surface area contributed by atoms with Crippen LogP contribution >= 0.6 is 0 Å². The van der Waals surface area contributed by atoms with Gasteiger partial charge in [-0.3, -0.25) is 19.4 Å². The highest BCUT2D eigenvalue weighted by molar-refractivity contribution is 7.92. The van der Waals surface area contributed by atoms with E-state index in [1.807, 2.05) is 6.07 Å². The fourth-order valence-electron chi connectivity index (χ4n) is 4.61. The molecule has 2 aromatic rings. The van der Waals surface area contributed by atoms with Crippen LogP contribution in [0.2, 0.25) is 0 Å². The average Bonchev–Trinajstić information content (AvgIpc) is 2.78. The van der Waals surface area contributed by atoms with Gasteiger partial charge < -0.3 is 14.6 Å². The molecule has 0 bridgehead atoms. The van der Waals surface area contributed by atoms with Crippen molar-refractivity contribution in [2.45, 2.75) is 43.1 Å². The van der Waals surface area contributed by atoms with E-state index in [1.54, 1.807) is 43.3 Å². The third kappa shape index (κ3) is 4.88. The van der Waals surface area contributed by atoms with Crippen LogP contribution < -0.4 is 0 Å². The first-order valence-electron chi connectivity index (χ1n) is 11.0. The van der Waals surface area contributed by atoms with Crippen molar-refractivity contribution in [1.82, 2.24) is 14.7 Å². The Balaban J connectivity index is 1.64. The molecule has 34 heavy (non-hydrogen) atoms. The van der Waals surface area contributed by atoms with Gasteiger partial charge in [-0.2, -0.15) is 0 Å². The number of carbonyl (C=O) groups excluding carboxylic acids is 2. The maximum atomic E-state index is 13.6. The first-order chi connectivity index (χ1) is 16.3. The smallest absolute Gasteiger partial charge is 0.409 e. The molecule has 4 atom stereocenters. The molecule has 2 unspecified atom stereocenters. The topological polar surface area (TPSA) is 104 Å². The van der Waals surface area contributed by atoms with E-state index < -0.39 is 40.8 Å². The maximum absolute atomic E-state index is 13.6. The highest BCUT2D eigenvalue weighted by Gasteiger charge is 2.55. The molecule has 2 heterocycles. The minimum absolute atomic E-state index is 0.0322. The number of piperazine rings is 1. The van der Waals surface area contributed by atoms with Crippen molar-refractivity contribution in [2.75, 3.05) is 13.1 Å². The van der Waals surface area contributed by atoms with Gasteiger partial charge in [-0.05, 0) is 42.2 Å². The van der Waals surface area contributed by atoms with Crippen LogP contribution in [0.15, 0.2) is 54.6 Å². The van der Waals surface area contributed by atoms with Crippen LogP contribution in [0.1, 0.15) is 24.5 Å². The molecule has 2 fully saturated rings. The Kier molecular flexibility index (Phi) is 7.08. The predicted molar refractivity (Wildman–Crippen MR) is 123 cm³/mol. The molecule has 2 saturated heterocycles. The standard InChI is InChI=1S/C24H26FN3O5S/c1-16-12-21(29)28-20(27(16)24(31)32)14-26(11-10-17-8-5-9-19(25)13-17)22(30)23(28)34(33)15-18-6-3-2-4-7-18/h2-9,13,16,20,23H,10-12,14-15H2,1H3,(H,31,32)/t16?,20-,23-,34?/m0/s1. The quantitative estimate of drug-likeness (QED) is 0.631. The lowest BCUT2D eigenvalue weighted by Crippen LogP contribution is -2.74. The summed E-state index contributed by atoms with van der Waals surface area (Å²) in [5, 5.41) is 8.55. The zero-order valence-electron chi connectivity index (χ0n) is 18.7. The summed E-state index contributed by atoms with van der Waals surface area (Å²) in [7, 11) is 0. The Labute approximate surface area is 200 Å². The molecule has 2 aromatic carbocycles. The average molecular weight is 488 g/mol. The number of carbonyl (C=O) groups is 3. The van der Waals surface area contributed by atoms with Crippen LogP contribution in [-0.4, -0.2) is 72.9 Å². The predicted octanol–water partition coefficient (Wildman–Crippen LogP) is 2.41. The number of nitrogens with zero attached hydrogens (tertiary/aromatic N) is 3. The second-order valence-corrected chi connectivity index (χ2v) is 10.0. The van der Waals surface area contributed by atoms with Gasteiger partial charge in [0.25, 0.3) is 11.3 Å². The second-order valence-electron chi connectivity index (χ2n) is 8.55. The van der Waals surface area contributed by atoms with Crippen molar-refractivity contribution < 1.29 is 28.4 Å². The van der Waals surface area contributed by atoms with Gasteiger partial charge in [0.05, 0.1) is 6.54 Å². The van der Waals surface area contributed by atoms with E-state index in [2.05, 4.69) is 0 Å². The largest absolute Gasteiger partial charge is 0.614 e. The summed E-state index contributed by atoms with van der Waals surface area (Å²) in [6, 6.07) is 14.4. The Hall–Kier alpha value is -3.11. The third-order valence-electron chi connectivity index (χ3n) is 6.22. The lowest BCUT2D eigenvalue weighted by Gasteiger charge is -2.52. The number of fused-ring (bicyclic) bond motifs is 1. The number of rotatable bonds is 6. The van der Waals surface area contributed by atoms with Crippen LogP contribution in [0.3, 0.4) is 0 Å². The SMILES string of the molecule is CC1CC(=O)N2[C@@H](CN(CCc3cccc(F)c3)C(=O)[C@@H]2[S+]([O-])Cc2ccccc2)N1C(=O)O. The molecule has 0 radical (unpaired) electrons. The fourth-order valence-corrected chi connectivity index (χ4v) is 6.17. The summed E-state index contributed by atoms with van der Waals surface area (Å²) in [5.41, 5.74) is 1.43. The van der Waals surface area contributed by atoms with Crippen molar-refractivity contribution in [2.24, 2.45) is 0 Å². The molecular weight excluding hydrogens is 461 g/mol. The minimum Gasteiger partial charge on any atom is -0.614 e. The summed E-state index contributed by atoms with van der Waals surface area (Å²) in [6.45, 7) is 1.80. The highest BCUT2D eigenvalue weighted by Crippen LogP contribution is 2.32. The molecule has 10 heteroatoms. The van der Waals surface area contributed by atoms with Gasteiger partial charge in [0.15, 0.2) is 0 Å². The molecule has 180 valence electrons. The van der Waals surface area contributed by atoms with E-state index in [9.17, 15) is 28.4 Å². The zero-order valence-corrected chi connectivity index (χ0v) is 19.5. The summed E-state index contributed by atoms with van der Waals surface area (Å²) >= 11 is -1.80. The Morgan fingerprint density at radius 2 is 1.85 bits per heavy atom. The van der Waals surface area contributed by atoms with E-state index in [4.69, 9.17) is 0 Å². The molecule has 4 rings (SSSR count). The van der Waals surface area contributed by atoms with Gasteiger partial charge in [0, 0.05) is 24.6 Å². The van der Waals surface area contributed by atoms with E-state index >= 15 is 0 Å². The molecule has 0 spiro atoms. The lowest BCUT2D eigenvalue weighted by molar-refractivity contribution is -0.165. The Morgan fingerprint density at radius 1 is 1.15 bits per heavy atom. The number of carboxylic acid groups (broad SMARTS) is 1. The summed E-state index contributed by atoms with van der Waals surface area (Å²) < 4.78 is 27.1. The third-order valence-corrected chi connectivity index (χ3v) is 7.76. The van der Waals surface area contributed by atoms with Crippen molar-refractivity contribution >= 4 is 29.1 Å². The van der Waals surface area contributed by atoms with E-state index in [0.29, 0.717) is 12.0 Å². The van der Waals surface area contributed by atoms with Gasteiger partial charge in [0.2, 0.25) is 5.91 Å². The number of amides is 3. The molecule has 3 amide bonds. The molecule has 2 aliphatic heterocycles. The summed E-state index contributed by atoms with van der Waals surface area (Å²) in [4.78, 5) is 42.4. The molecule has 2 aliphatic rings. The monoisotopic (exact) mass is 487 g/mol. The van der Waals surface area contributed by atoms with Gasteiger partial charge in [0.1, 0.15) is 17.7 Å². The van der Waals surface area contributed by atoms with Gasteiger partial charge in [-0.25, -0.2) is 9.18 Å². The van der Waals surface area contributed by atoms with Crippen LogP contribution in [-0.2, 0) is 32.9 Å². The van der Waals surface area contributed by atoms with Gasteiger partial charge in [-0.1, -0.05) is 42.5 Å². The van der Waals surface area contributed by atoms with Crippen molar-refractivity contribution in [3.05, 3.63) is 71.5 Å². The molecule has 0 saturated carbocycles. The minimum atomic E-state index is -1.80. The van der Waals surface area contributed by atoms with Crippen molar-refractivity contribution in [3.8, 4) is 0 Å². The summed E-state index contributed by atoms with van der Waals surface area (Å²) in [5.74, 6) is -1.22. The molecule has 0 aromatic heterocycles. The first kappa shape index (κ1) is 24.0. The Bertz CT molecular complexity index is 1070. The van der Waals surface area contributed by atoms with Crippen molar-refractivity contribution in [3.63, 3.8) is 0 Å². The van der Waals surface area contributed by atoms with Crippen LogP contribution in [0.4, 0.5) is 9.18 Å². The second kappa shape index (κ2) is 10.0. The Morgan fingerprint density at radius 3 is 2.53 bits per heavy atom. The van der Waals surface area contributed by atoms with Gasteiger partial charge in [-0.15, -0.1) is 0 Å². The maximum Gasteiger partial charge on any atom is 0.409 e.